The first-order valence-corrected chi connectivity index (χ1v) is 9.41. The Morgan fingerprint density at radius 1 is 1.19 bits per heavy atom. The van der Waals surface area contributed by atoms with Gasteiger partial charge in [-0.3, -0.25) is 4.79 Å². The summed E-state index contributed by atoms with van der Waals surface area (Å²) in [5.74, 6) is -0.256. The summed E-state index contributed by atoms with van der Waals surface area (Å²) in [5, 5.41) is 11.2. The van der Waals surface area contributed by atoms with Crippen LogP contribution in [-0.4, -0.2) is 23.7 Å². The van der Waals surface area contributed by atoms with Crippen LogP contribution in [0.2, 0.25) is 5.15 Å². The van der Waals surface area contributed by atoms with Crippen molar-refractivity contribution < 1.29 is 4.79 Å². The van der Waals surface area contributed by atoms with Gasteiger partial charge in [0.2, 0.25) is 0 Å². The van der Waals surface area contributed by atoms with Gasteiger partial charge in [0.15, 0.2) is 10.3 Å². The van der Waals surface area contributed by atoms with E-state index in [1.165, 1.54) is 17.6 Å². The molecule has 0 bridgehead atoms. The Hall–Kier alpha value is -2.90. The molecule has 1 amide bonds. The zero-order chi connectivity index (χ0) is 19.1. The molecule has 3 aromatic rings. The highest BCUT2D eigenvalue weighted by Crippen LogP contribution is 2.28. The number of carbonyl (C=O) groups excluding carboxylic acids is 1. The molecule has 3 N–H and O–H groups in total. The summed E-state index contributed by atoms with van der Waals surface area (Å²) in [7, 11) is 0. The van der Waals surface area contributed by atoms with Crippen molar-refractivity contribution in [1.29, 1.82) is 0 Å². The van der Waals surface area contributed by atoms with E-state index in [2.05, 4.69) is 26.1 Å². The highest BCUT2D eigenvalue weighted by Gasteiger charge is 2.09. The Morgan fingerprint density at radius 2 is 1.93 bits per heavy atom. The molecule has 0 aliphatic carbocycles. The second-order valence-electron chi connectivity index (χ2n) is 5.63. The van der Waals surface area contributed by atoms with Gasteiger partial charge < -0.3 is 10.6 Å². The number of anilines is 3. The van der Waals surface area contributed by atoms with E-state index >= 15 is 0 Å². The third kappa shape index (κ3) is 5.54. The summed E-state index contributed by atoms with van der Waals surface area (Å²) in [6.45, 7) is 2.14. The van der Waals surface area contributed by atoms with E-state index in [0.717, 1.165) is 16.9 Å². The molecule has 27 heavy (non-hydrogen) atoms. The molecule has 0 spiro atoms. The van der Waals surface area contributed by atoms with E-state index in [0.29, 0.717) is 15.2 Å². The Morgan fingerprint density at radius 3 is 2.70 bits per heavy atom. The van der Waals surface area contributed by atoms with Crippen LogP contribution in [0.5, 0.6) is 0 Å². The fraction of sp³-hybridized carbons (Fsp3) is 0.105. The van der Waals surface area contributed by atoms with Crippen molar-refractivity contribution >= 4 is 51.6 Å². The van der Waals surface area contributed by atoms with Gasteiger partial charge in [0, 0.05) is 11.4 Å². The van der Waals surface area contributed by atoms with E-state index in [1.807, 2.05) is 61.5 Å². The molecule has 2 aromatic carbocycles. The summed E-state index contributed by atoms with van der Waals surface area (Å²) >= 11 is 7.51. The number of benzene rings is 2. The molecule has 0 saturated heterocycles. The predicted molar refractivity (Wildman–Crippen MR) is 112 cm³/mol. The number of nitrogens with one attached hydrogen (secondary N) is 3. The number of aromatic nitrogens is 1. The lowest BCUT2D eigenvalue weighted by atomic mass is 10.2. The average molecular weight is 400 g/mol. The molecule has 1 aromatic heterocycles. The van der Waals surface area contributed by atoms with Crippen LogP contribution in [0.3, 0.4) is 0 Å². The van der Waals surface area contributed by atoms with Gasteiger partial charge in [0.1, 0.15) is 0 Å². The minimum Gasteiger partial charge on any atom is -0.376 e. The maximum atomic E-state index is 11.8. The van der Waals surface area contributed by atoms with Crippen molar-refractivity contribution in [2.75, 3.05) is 17.2 Å². The Bertz CT molecular complexity index is 942. The normalized spacial score (nSPS) is 10.7. The molecule has 1 heterocycles. The number of thiazole rings is 1. The lowest BCUT2D eigenvalue weighted by molar-refractivity contribution is -0.119. The molecule has 0 fully saturated rings. The smallest absolute Gasteiger partial charge is 0.259 e. The second-order valence-corrected chi connectivity index (χ2v) is 7.02. The minimum absolute atomic E-state index is 0.123. The number of hydrazone groups is 1. The van der Waals surface area contributed by atoms with E-state index in [4.69, 9.17) is 11.6 Å². The summed E-state index contributed by atoms with van der Waals surface area (Å²) in [6.07, 6.45) is 1.49. The van der Waals surface area contributed by atoms with Crippen LogP contribution in [0.1, 0.15) is 10.4 Å². The SMILES string of the molecule is Cc1ccccc1Nc1nc(Cl)c(/C=N/NC(=O)CNc2ccccc2)s1. The first-order valence-electron chi connectivity index (χ1n) is 8.21. The van der Waals surface area contributed by atoms with Gasteiger partial charge in [-0.15, -0.1) is 0 Å². The first-order chi connectivity index (χ1) is 13.1. The Labute approximate surface area is 166 Å². The molecule has 6 nitrogen and oxygen atoms in total. The van der Waals surface area contributed by atoms with Gasteiger partial charge in [0.25, 0.3) is 5.91 Å². The van der Waals surface area contributed by atoms with E-state index in [-0.39, 0.29) is 12.5 Å². The molecule has 0 radical (unpaired) electrons. The molecule has 0 saturated carbocycles. The zero-order valence-electron chi connectivity index (χ0n) is 14.6. The van der Waals surface area contributed by atoms with Crippen LogP contribution in [-0.2, 0) is 4.79 Å². The standard InChI is InChI=1S/C19H18ClN5OS/c1-13-7-5-6-10-15(13)23-19-24-18(20)16(27-19)11-22-25-17(26)12-21-14-8-3-2-4-9-14/h2-11,21H,12H2,1H3,(H,23,24)(H,25,26)/b22-11+. The number of hydrogen-bond donors (Lipinski definition) is 3. The van der Waals surface area contributed by atoms with E-state index in [9.17, 15) is 4.79 Å². The average Bonchev–Trinajstić information content (AvgIpc) is 3.02. The third-order valence-electron chi connectivity index (χ3n) is 3.59. The molecule has 0 aliphatic heterocycles. The maximum absolute atomic E-state index is 11.8. The largest absolute Gasteiger partial charge is 0.376 e. The van der Waals surface area contributed by atoms with Gasteiger partial charge >= 0.3 is 0 Å². The van der Waals surface area contributed by atoms with Crippen molar-refractivity contribution in [3.63, 3.8) is 0 Å². The third-order valence-corrected chi connectivity index (χ3v) is 4.90. The van der Waals surface area contributed by atoms with Crippen molar-refractivity contribution in [2.45, 2.75) is 6.92 Å². The number of rotatable bonds is 7. The monoisotopic (exact) mass is 399 g/mol. The van der Waals surface area contributed by atoms with Crippen LogP contribution in [0.15, 0.2) is 59.7 Å². The molecule has 0 atom stereocenters. The topological polar surface area (TPSA) is 78.4 Å². The van der Waals surface area contributed by atoms with Gasteiger partial charge in [-0.2, -0.15) is 5.10 Å². The molecule has 0 unspecified atom stereocenters. The van der Waals surface area contributed by atoms with Crippen molar-refractivity contribution in [1.82, 2.24) is 10.4 Å². The molecule has 8 heteroatoms. The number of para-hydroxylation sites is 2. The van der Waals surface area contributed by atoms with Crippen molar-refractivity contribution in [3.05, 3.63) is 70.2 Å². The number of amides is 1. The fourth-order valence-electron chi connectivity index (χ4n) is 2.22. The van der Waals surface area contributed by atoms with Gasteiger partial charge in [-0.25, -0.2) is 10.4 Å². The van der Waals surface area contributed by atoms with Crippen molar-refractivity contribution in [3.8, 4) is 0 Å². The minimum atomic E-state index is -0.256. The molecular formula is C19H18ClN5OS. The van der Waals surface area contributed by atoms with Crippen LogP contribution in [0, 0.1) is 6.92 Å². The molecule has 0 aliphatic rings. The Kier molecular flexibility index (Phi) is 6.40. The highest BCUT2D eigenvalue weighted by atomic mass is 35.5. The predicted octanol–water partition coefficient (Wildman–Crippen LogP) is 4.41. The molecular weight excluding hydrogens is 382 g/mol. The van der Waals surface area contributed by atoms with E-state index < -0.39 is 0 Å². The number of carbonyl (C=O) groups is 1. The molecule has 3 rings (SSSR count). The van der Waals surface area contributed by atoms with Gasteiger partial charge in [-0.05, 0) is 30.7 Å². The summed E-state index contributed by atoms with van der Waals surface area (Å²) in [5.41, 5.74) is 5.41. The fourth-order valence-corrected chi connectivity index (χ4v) is 3.26. The second kappa shape index (κ2) is 9.16. The molecule has 138 valence electrons. The number of nitrogens with zero attached hydrogens (tertiary/aromatic N) is 2. The van der Waals surface area contributed by atoms with Gasteiger partial charge in [0.05, 0.1) is 17.6 Å². The number of hydrogen-bond acceptors (Lipinski definition) is 6. The van der Waals surface area contributed by atoms with E-state index in [1.54, 1.807) is 0 Å². The first kappa shape index (κ1) is 18.9. The summed E-state index contributed by atoms with van der Waals surface area (Å²) in [4.78, 5) is 16.8. The van der Waals surface area contributed by atoms with Crippen molar-refractivity contribution in [2.24, 2.45) is 5.10 Å². The van der Waals surface area contributed by atoms with Crippen LogP contribution in [0.4, 0.5) is 16.5 Å². The summed E-state index contributed by atoms with van der Waals surface area (Å²) in [6, 6.07) is 17.4. The zero-order valence-corrected chi connectivity index (χ0v) is 16.1. The van der Waals surface area contributed by atoms with Gasteiger partial charge in [-0.1, -0.05) is 59.3 Å². The Balaban J connectivity index is 1.53. The quantitative estimate of drug-likeness (QED) is 0.406. The number of aryl methyl sites for hydroxylation is 1. The van der Waals surface area contributed by atoms with Crippen LogP contribution < -0.4 is 16.1 Å². The lowest BCUT2D eigenvalue weighted by Gasteiger charge is -2.05. The maximum Gasteiger partial charge on any atom is 0.259 e. The lowest BCUT2D eigenvalue weighted by Crippen LogP contribution is -2.25. The number of halogens is 1. The summed E-state index contributed by atoms with van der Waals surface area (Å²) < 4.78 is 0. The van der Waals surface area contributed by atoms with Crippen LogP contribution >= 0.6 is 22.9 Å². The van der Waals surface area contributed by atoms with Crippen LogP contribution in [0.25, 0.3) is 0 Å². The highest BCUT2D eigenvalue weighted by molar-refractivity contribution is 7.17.